The number of piperidine rings is 1. The molecule has 2 aromatic heterocycles. The number of nitrogens with zero attached hydrogens (tertiary/aromatic N) is 3. The van der Waals surface area contributed by atoms with Crippen LogP contribution < -0.4 is 4.90 Å². The van der Waals surface area contributed by atoms with Crippen LogP contribution in [-0.4, -0.2) is 40.8 Å². The van der Waals surface area contributed by atoms with Crippen molar-refractivity contribution in [2.24, 2.45) is 0 Å². The lowest BCUT2D eigenvalue weighted by atomic mass is 10.1. The minimum atomic E-state index is -0.386. The van der Waals surface area contributed by atoms with Crippen molar-refractivity contribution in [1.29, 1.82) is 0 Å². The van der Waals surface area contributed by atoms with Crippen LogP contribution in [0.1, 0.15) is 36.7 Å². The molecule has 1 aliphatic rings. The average Bonchev–Trinajstić information content (AvgIpc) is 3.37. The van der Waals surface area contributed by atoms with Crippen molar-refractivity contribution in [3.05, 3.63) is 42.1 Å². The molecule has 3 heterocycles. The number of carbonyl (C=O) groups is 1. The highest BCUT2D eigenvalue weighted by atomic mass is 32.1. The molecule has 0 radical (unpaired) electrons. The fourth-order valence-electron chi connectivity index (χ4n) is 3.25. The van der Waals surface area contributed by atoms with E-state index in [0.717, 1.165) is 40.0 Å². The topological polar surface area (TPSA) is 71.1 Å². The Labute approximate surface area is 162 Å². The number of aromatic nitrogens is 3. The predicted molar refractivity (Wildman–Crippen MR) is 107 cm³/mol. The molecule has 0 spiro atoms. The zero-order valence-electron chi connectivity index (χ0n) is 15.3. The van der Waals surface area contributed by atoms with Gasteiger partial charge in [-0.2, -0.15) is 5.10 Å². The summed E-state index contributed by atoms with van der Waals surface area (Å²) >= 11 is 1.61. The summed E-state index contributed by atoms with van der Waals surface area (Å²) in [5.74, 6) is 0.573. The van der Waals surface area contributed by atoms with Crippen molar-refractivity contribution in [2.75, 3.05) is 24.6 Å². The van der Waals surface area contributed by atoms with Crippen LogP contribution in [0.2, 0.25) is 0 Å². The lowest BCUT2D eigenvalue weighted by Crippen LogP contribution is -2.30. The van der Waals surface area contributed by atoms with Gasteiger partial charge in [-0.25, -0.2) is 9.78 Å². The minimum absolute atomic E-state index is 0.338. The second kappa shape index (κ2) is 7.92. The van der Waals surface area contributed by atoms with E-state index in [9.17, 15) is 4.79 Å². The van der Waals surface area contributed by atoms with Crippen LogP contribution in [0.3, 0.4) is 0 Å². The third kappa shape index (κ3) is 3.73. The molecule has 1 aliphatic heterocycles. The van der Waals surface area contributed by atoms with E-state index in [2.05, 4.69) is 27.2 Å². The van der Waals surface area contributed by atoms with E-state index in [4.69, 9.17) is 9.72 Å². The Hall–Kier alpha value is -2.67. The second-order valence-electron chi connectivity index (χ2n) is 6.47. The Morgan fingerprint density at radius 1 is 1.22 bits per heavy atom. The van der Waals surface area contributed by atoms with E-state index in [1.807, 2.05) is 18.2 Å². The Kier molecular flexibility index (Phi) is 5.20. The zero-order valence-corrected chi connectivity index (χ0v) is 16.1. The maximum atomic E-state index is 12.0. The standard InChI is InChI=1S/C20H22N4O2S/c1-2-26-20(25)16-13-15(22-23-16)17-18(24-11-7-4-8-12-24)21-19(27-17)14-9-5-3-6-10-14/h3,5-6,9-10,13H,2,4,7-8,11-12H2,1H3,(H,22,23). The number of H-pyrrole nitrogens is 1. The maximum Gasteiger partial charge on any atom is 0.356 e. The molecular weight excluding hydrogens is 360 g/mol. The Balaban J connectivity index is 1.74. The summed E-state index contributed by atoms with van der Waals surface area (Å²) in [7, 11) is 0. The van der Waals surface area contributed by atoms with Gasteiger partial charge in [0.25, 0.3) is 0 Å². The molecule has 27 heavy (non-hydrogen) atoms. The third-order valence-corrected chi connectivity index (χ3v) is 5.71. The average molecular weight is 382 g/mol. The molecule has 1 N–H and O–H groups in total. The number of benzene rings is 1. The molecule has 140 valence electrons. The monoisotopic (exact) mass is 382 g/mol. The summed E-state index contributed by atoms with van der Waals surface area (Å²) in [5, 5.41) is 8.14. The van der Waals surface area contributed by atoms with Crippen LogP contribution in [0, 0.1) is 0 Å². The van der Waals surface area contributed by atoms with E-state index in [0.29, 0.717) is 12.3 Å². The number of rotatable bonds is 5. The van der Waals surface area contributed by atoms with Gasteiger partial charge in [-0.15, -0.1) is 11.3 Å². The van der Waals surface area contributed by atoms with Crippen molar-refractivity contribution in [1.82, 2.24) is 15.2 Å². The molecule has 1 aromatic carbocycles. The maximum absolute atomic E-state index is 12.0. The van der Waals surface area contributed by atoms with Gasteiger partial charge < -0.3 is 9.64 Å². The van der Waals surface area contributed by atoms with E-state index in [-0.39, 0.29) is 5.97 Å². The number of anilines is 1. The fraction of sp³-hybridized carbons (Fsp3) is 0.350. The van der Waals surface area contributed by atoms with Crippen molar-refractivity contribution >= 4 is 23.1 Å². The smallest absolute Gasteiger partial charge is 0.356 e. The number of thiazole rings is 1. The van der Waals surface area contributed by atoms with Gasteiger partial charge in [-0.3, -0.25) is 5.10 Å². The van der Waals surface area contributed by atoms with Crippen molar-refractivity contribution in [3.63, 3.8) is 0 Å². The summed E-state index contributed by atoms with van der Waals surface area (Å²) in [6, 6.07) is 11.9. The Morgan fingerprint density at radius 3 is 2.74 bits per heavy atom. The van der Waals surface area contributed by atoms with Gasteiger partial charge in [0.05, 0.1) is 11.5 Å². The van der Waals surface area contributed by atoms with E-state index in [1.165, 1.54) is 19.3 Å². The van der Waals surface area contributed by atoms with Crippen molar-refractivity contribution in [3.8, 4) is 21.1 Å². The van der Waals surface area contributed by atoms with Gasteiger partial charge in [-0.05, 0) is 32.3 Å². The molecule has 0 aliphatic carbocycles. The van der Waals surface area contributed by atoms with Crippen LogP contribution in [0.4, 0.5) is 5.82 Å². The van der Waals surface area contributed by atoms with Gasteiger partial charge in [0.1, 0.15) is 22.2 Å². The number of hydrogen-bond acceptors (Lipinski definition) is 6. The summed E-state index contributed by atoms with van der Waals surface area (Å²) in [6.45, 7) is 4.13. The van der Waals surface area contributed by atoms with Crippen LogP contribution >= 0.6 is 11.3 Å². The first kappa shape index (κ1) is 17.7. The molecule has 1 fully saturated rings. The van der Waals surface area contributed by atoms with Gasteiger partial charge >= 0.3 is 5.97 Å². The molecule has 0 amide bonds. The first-order valence-electron chi connectivity index (χ1n) is 9.30. The molecule has 3 aromatic rings. The second-order valence-corrected chi connectivity index (χ2v) is 7.47. The summed E-state index contributed by atoms with van der Waals surface area (Å²) in [5.41, 5.74) is 2.19. The SMILES string of the molecule is CCOC(=O)c1cc(-c2sc(-c3ccccc3)nc2N2CCCCC2)n[nH]1. The largest absolute Gasteiger partial charge is 0.461 e. The third-order valence-electron chi connectivity index (χ3n) is 4.59. The van der Waals surface area contributed by atoms with Crippen molar-refractivity contribution < 1.29 is 9.53 Å². The number of nitrogens with one attached hydrogen (secondary N) is 1. The number of esters is 1. The molecule has 0 bridgehead atoms. The van der Waals surface area contributed by atoms with Crippen LogP contribution in [0.25, 0.3) is 21.1 Å². The lowest BCUT2D eigenvalue weighted by Gasteiger charge is -2.27. The van der Waals surface area contributed by atoms with E-state index in [1.54, 1.807) is 24.3 Å². The number of hydrogen-bond donors (Lipinski definition) is 1. The van der Waals surface area contributed by atoms with Gasteiger partial charge in [-0.1, -0.05) is 30.3 Å². The van der Waals surface area contributed by atoms with E-state index >= 15 is 0 Å². The van der Waals surface area contributed by atoms with Gasteiger partial charge in [0, 0.05) is 18.7 Å². The normalized spacial score (nSPS) is 14.3. The number of carbonyl (C=O) groups excluding carboxylic acids is 1. The first-order valence-corrected chi connectivity index (χ1v) is 10.1. The summed E-state index contributed by atoms with van der Waals surface area (Å²) < 4.78 is 5.07. The quantitative estimate of drug-likeness (QED) is 0.664. The van der Waals surface area contributed by atoms with Crippen LogP contribution in [0.15, 0.2) is 36.4 Å². The molecule has 6 nitrogen and oxygen atoms in total. The van der Waals surface area contributed by atoms with Crippen LogP contribution in [-0.2, 0) is 4.74 Å². The molecule has 1 saturated heterocycles. The van der Waals surface area contributed by atoms with E-state index < -0.39 is 0 Å². The Bertz CT molecular complexity index is 913. The number of aromatic amines is 1. The predicted octanol–water partition coefficient (Wildman–Crippen LogP) is 4.37. The highest BCUT2D eigenvalue weighted by Gasteiger charge is 2.23. The molecular formula is C20H22N4O2S. The minimum Gasteiger partial charge on any atom is -0.461 e. The first-order chi connectivity index (χ1) is 13.3. The number of ether oxygens (including phenoxy) is 1. The molecule has 0 unspecified atom stereocenters. The van der Waals surface area contributed by atoms with Gasteiger partial charge in [0.2, 0.25) is 0 Å². The molecule has 0 atom stereocenters. The van der Waals surface area contributed by atoms with Crippen LogP contribution in [0.5, 0.6) is 0 Å². The summed E-state index contributed by atoms with van der Waals surface area (Å²) in [6.07, 6.45) is 3.61. The lowest BCUT2D eigenvalue weighted by molar-refractivity contribution is 0.0519. The summed E-state index contributed by atoms with van der Waals surface area (Å²) in [4.78, 5) is 20.3. The fourth-order valence-corrected chi connectivity index (χ4v) is 4.31. The van der Waals surface area contributed by atoms with Gasteiger partial charge in [0.15, 0.2) is 0 Å². The zero-order chi connectivity index (χ0) is 18.6. The highest BCUT2D eigenvalue weighted by molar-refractivity contribution is 7.19. The molecule has 0 saturated carbocycles. The van der Waals surface area contributed by atoms with Crippen molar-refractivity contribution in [2.45, 2.75) is 26.2 Å². The molecule has 7 heteroatoms. The molecule has 4 rings (SSSR count). The Morgan fingerprint density at radius 2 is 2.00 bits per heavy atom. The highest BCUT2D eigenvalue weighted by Crippen LogP contribution is 2.40.